The second-order valence-electron chi connectivity index (χ2n) is 4.09. The summed E-state index contributed by atoms with van der Waals surface area (Å²) >= 11 is 1.48. The van der Waals surface area contributed by atoms with Crippen LogP contribution in [0.2, 0.25) is 0 Å². The minimum Gasteiger partial charge on any atom is -0.390 e. The number of thiophene rings is 1. The Morgan fingerprint density at radius 1 is 1.24 bits per heavy atom. The Balaban J connectivity index is 2.22. The molecular weight excluding hydrogens is 238 g/mol. The zero-order chi connectivity index (χ0) is 12.4. The van der Waals surface area contributed by atoms with Crippen molar-refractivity contribution in [3.8, 4) is 0 Å². The Labute approximate surface area is 103 Å². The molecule has 0 bridgehead atoms. The summed E-state index contributed by atoms with van der Waals surface area (Å²) in [7, 11) is 0. The second kappa shape index (κ2) is 4.75. The lowest BCUT2D eigenvalue weighted by molar-refractivity contribution is -0.119. The third-order valence-corrected chi connectivity index (χ3v) is 3.90. The monoisotopic (exact) mass is 253 g/mol. The summed E-state index contributed by atoms with van der Waals surface area (Å²) < 4.78 is 0. The van der Waals surface area contributed by atoms with Crippen LogP contribution in [0.1, 0.15) is 40.6 Å². The molecule has 0 unspecified atom stereocenters. The minimum atomic E-state index is -0.322. The van der Waals surface area contributed by atoms with Crippen molar-refractivity contribution < 1.29 is 9.59 Å². The van der Waals surface area contributed by atoms with Crippen LogP contribution in [-0.4, -0.2) is 11.8 Å². The first kappa shape index (κ1) is 11.9. The quantitative estimate of drug-likeness (QED) is 0.652. The lowest BCUT2D eigenvalue weighted by atomic mass is 9.95. The molecule has 0 spiro atoms. The van der Waals surface area contributed by atoms with Crippen molar-refractivity contribution in [2.75, 3.05) is 5.73 Å². The number of amides is 2. The van der Waals surface area contributed by atoms with Crippen LogP contribution in [0.5, 0.6) is 0 Å². The van der Waals surface area contributed by atoms with Crippen molar-refractivity contribution in [2.24, 2.45) is 0 Å². The second-order valence-corrected chi connectivity index (χ2v) is 5.22. The largest absolute Gasteiger partial charge is 0.390 e. The molecule has 4 N–H and O–H groups in total. The highest BCUT2D eigenvalue weighted by atomic mass is 32.1. The van der Waals surface area contributed by atoms with Gasteiger partial charge in [0.05, 0.1) is 10.6 Å². The summed E-state index contributed by atoms with van der Waals surface area (Å²) in [4.78, 5) is 23.9. The SMILES string of the molecule is CC(=O)NNC(=O)c1c(N)sc2c1CCCC2. The number of rotatable bonds is 1. The average Bonchev–Trinajstić information content (AvgIpc) is 2.61. The van der Waals surface area contributed by atoms with Gasteiger partial charge in [0.1, 0.15) is 0 Å². The van der Waals surface area contributed by atoms with Crippen LogP contribution >= 0.6 is 11.3 Å². The van der Waals surface area contributed by atoms with Gasteiger partial charge >= 0.3 is 0 Å². The van der Waals surface area contributed by atoms with E-state index < -0.39 is 0 Å². The van der Waals surface area contributed by atoms with E-state index in [0.29, 0.717) is 10.6 Å². The van der Waals surface area contributed by atoms with Gasteiger partial charge in [0.2, 0.25) is 5.91 Å². The molecule has 1 aliphatic rings. The van der Waals surface area contributed by atoms with Gasteiger partial charge in [0.25, 0.3) is 5.91 Å². The molecule has 92 valence electrons. The first-order chi connectivity index (χ1) is 8.09. The predicted octanol–water partition coefficient (Wildman–Crippen LogP) is 0.990. The number of nitrogens with one attached hydrogen (secondary N) is 2. The van der Waals surface area contributed by atoms with E-state index in [-0.39, 0.29) is 11.8 Å². The predicted molar refractivity (Wildman–Crippen MR) is 66.7 cm³/mol. The molecule has 0 fully saturated rings. The van der Waals surface area contributed by atoms with Gasteiger partial charge in [-0.3, -0.25) is 20.4 Å². The molecule has 0 atom stereocenters. The minimum absolute atomic E-state index is 0.305. The number of carbonyl (C=O) groups is 2. The number of hydrogen-bond donors (Lipinski definition) is 3. The van der Waals surface area contributed by atoms with Crippen molar-refractivity contribution in [2.45, 2.75) is 32.6 Å². The molecule has 5 nitrogen and oxygen atoms in total. The smallest absolute Gasteiger partial charge is 0.272 e. The van der Waals surface area contributed by atoms with Gasteiger partial charge < -0.3 is 5.73 Å². The average molecular weight is 253 g/mol. The maximum Gasteiger partial charge on any atom is 0.272 e. The lowest BCUT2D eigenvalue weighted by Gasteiger charge is -2.12. The van der Waals surface area contributed by atoms with Gasteiger partial charge in [-0.2, -0.15) is 0 Å². The summed E-state index contributed by atoms with van der Waals surface area (Å²) in [6.07, 6.45) is 4.13. The topological polar surface area (TPSA) is 84.2 Å². The number of nitrogen functional groups attached to an aromatic ring is 1. The van der Waals surface area contributed by atoms with Crippen LogP contribution in [0.25, 0.3) is 0 Å². The van der Waals surface area contributed by atoms with Crippen molar-refractivity contribution in [3.05, 3.63) is 16.0 Å². The van der Waals surface area contributed by atoms with Crippen molar-refractivity contribution >= 4 is 28.2 Å². The van der Waals surface area contributed by atoms with Crippen LogP contribution in [0, 0.1) is 0 Å². The molecule has 1 aromatic rings. The van der Waals surface area contributed by atoms with Crippen LogP contribution < -0.4 is 16.6 Å². The first-order valence-electron chi connectivity index (χ1n) is 5.56. The number of hydrogen-bond acceptors (Lipinski definition) is 4. The van der Waals surface area contributed by atoms with E-state index in [1.54, 1.807) is 0 Å². The van der Waals surface area contributed by atoms with Gasteiger partial charge in [-0.25, -0.2) is 0 Å². The van der Waals surface area contributed by atoms with Crippen molar-refractivity contribution in [3.63, 3.8) is 0 Å². The van der Waals surface area contributed by atoms with Gasteiger partial charge in [0.15, 0.2) is 0 Å². The molecule has 1 aromatic heterocycles. The van der Waals surface area contributed by atoms with Gasteiger partial charge in [0, 0.05) is 11.8 Å². The van der Waals surface area contributed by atoms with Crippen molar-refractivity contribution in [1.29, 1.82) is 0 Å². The summed E-state index contributed by atoms with van der Waals surface area (Å²) in [6, 6.07) is 0. The summed E-state index contributed by atoms with van der Waals surface area (Å²) in [6.45, 7) is 1.34. The van der Waals surface area contributed by atoms with Gasteiger partial charge in [-0.15, -0.1) is 11.3 Å². The molecule has 0 saturated carbocycles. The molecule has 2 amide bonds. The fraction of sp³-hybridized carbons (Fsp3) is 0.455. The fourth-order valence-corrected chi connectivity index (χ4v) is 3.20. The molecular formula is C11H15N3O2S. The van der Waals surface area contributed by atoms with E-state index in [1.807, 2.05) is 0 Å². The zero-order valence-corrected chi connectivity index (χ0v) is 10.4. The molecule has 0 aromatic carbocycles. The Kier molecular flexibility index (Phi) is 3.33. The highest BCUT2D eigenvalue weighted by molar-refractivity contribution is 7.16. The Morgan fingerprint density at radius 3 is 2.65 bits per heavy atom. The fourth-order valence-electron chi connectivity index (χ4n) is 2.04. The third-order valence-electron chi connectivity index (χ3n) is 2.78. The van der Waals surface area contributed by atoms with Crippen LogP contribution in [0.4, 0.5) is 5.00 Å². The molecule has 6 heteroatoms. The van der Waals surface area contributed by atoms with E-state index in [4.69, 9.17) is 5.73 Å². The third kappa shape index (κ3) is 2.41. The molecule has 0 aliphatic heterocycles. The normalized spacial score (nSPS) is 13.9. The van der Waals surface area contributed by atoms with E-state index in [1.165, 1.54) is 23.1 Å². The van der Waals surface area contributed by atoms with Crippen molar-refractivity contribution in [1.82, 2.24) is 10.9 Å². The summed E-state index contributed by atoms with van der Waals surface area (Å²) in [5.41, 5.74) is 12.1. The molecule has 1 heterocycles. The first-order valence-corrected chi connectivity index (χ1v) is 6.38. The number of nitrogens with two attached hydrogens (primary N) is 1. The molecule has 0 saturated heterocycles. The van der Waals surface area contributed by atoms with Crippen LogP contribution in [0.15, 0.2) is 0 Å². The standard InChI is InChI=1S/C11H15N3O2S/c1-6(15)13-14-11(16)9-7-4-2-3-5-8(7)17-10(9)12/h2-5,12H2,1H3,(H,13,15)(H,14,16). The summed E-state index contributed by atoms with van der Waals surface area (Å²) in [5.74, 6) is -0.627. The highest BCUT2D eigenvalue weighted by Gasteiger charge is 2.23. The maximum atomic E-state index is 11.9. The molecule has 17 heavy (non-hydrogen) atoms. The van der Waals surface area contributed by atoms with Crippen LogP contribution in [0.3, 0.4) is 0 Å². The summed E-state index contributed by atoms with van der Waals surface area (Å²) in [5, 5.41) is 0.541. The van der Waals surface area contributed by atoms with E-state index in [2.05, 4.69) is 10.9 Å². The highest BCUT2D eigenvalue weighted by Crippen LogP contribution is 2.35. The number of anilines is 1. The Hall–Kier alpha value is -1.56. The lowest BCUT2D eigenvalue weighted by Crippen LogP contribution is -2.40. The number of aryl methyl sites for hydroxylation is 1. The van der Waals surface area contributed by atoms with E-state index in [0.717, 1.165) is 31.2 Å². The van der Waals surface area contributed by atoms with Gasteiger partial charge in [-0.05, 0) is 31.2 Å². The number of fused-ring (bicyclic) bond motifs is 1. The zero-order valence-electron chi connectivity index (χ0n) is 9.63. The van der Waals surface area contributed by atoms with Crippen LogP contribution in [-0.2, 0) is 17.6 Å². The van der Waals surface area contributed by atoms with E-state index in [9.17, 15) is 9.59 Å². The number of carbonyl (C=O) groups excluding carboxylic acids is 2. The number of hydrazine groups is 1. The maximum absolute atomic E-state index is 11.9. The Bertz CT molecular complexity index is 468. The molecule has 1 aliphatic carbocycles. The van der Waals surface area contributed by atoms with Gasteiger partial charge in [-0.1, -0.05) is 0 Å². The Morgan fingerprint density at radius 2 is 1.94 bits per heavy atom. The molecule has 2 rings (SSSR count). The molecule has 0 radical (unpaired) electrons. The van der Waals surface area contributed by atoms with E-state index >= 15 is 0 Å².